The molecule has 6 heteroatoms. The minimum absolute atomic E-state index is 0.257. The van der Waals surface area contributed by atoms with Gasteiger partial charge in [0.2, 0.25) is 10.6 Å². The number of hydrogen-bond acceptors (Lipinski definition) is 4. The van der Waals surface area contributed by atoms with E-state index in [9.17, 15) is 0 Å². The largest absolute Gasteiger partial charge is 0.396 e. The van der Waals surface area contributed by atoms with Crippen LogP contribution in [0.1, 0.15) is 0 Å². The van der Waals surface area contributed by atoms with Crippen LogP contribution in [0.2, 0.25) is 0 Å². The molecule has 0 aromatic carbocycles. The molecule has 0 saturated heterocycles. The lowest BCUT2D eigenvalue weighted by molar-refractivity contribution is 0.954. The van der Waals surface area contributed by atoms with E-state index in [0.717, 1.165) is 0 Å². The molecule has 1 aromatic rings. The zero-order valence-corrected chi connectivity index (χ0v) is 6.17. The lowest BCUT2D eigenvalue weighted by Crippen LogP contribution is -2.29. The molecule has 0 spiro atoms. The van der Waals surface area contributed by atoms with Crippen molar-refractivity contribution in [3.8, 4) is 0 Å². The Morgan fingerprint density at radius 3 is 2.91 bits per heavy atom. The van der Waals surface area contributed by atoms with Gasteiger partial charge < -0.3 is 5.73 Å². The molecule has 2 N–H and O–H groups in total. The van der Waals surface area contributed by atoms with Crippen molar-refractivity contribution in [2.45, 2.75) is 0 Å². The van der Waals surface area contributed by atoms with Gasteiger partial charge in [0.25, 0.3) is 0 Å². The first kappa shape index (κ1) is 6.29. The first-order chi connectivity index (χ1) is 5.27. The summed E-state index contributed by atoms with van der Waals surface area (Å²) < 4.78 is 0. The van der Waals surface area contributed by atoms with Crippen LogP contribution >= 0.6 is 12.2 Å². The molecule has 2 heterocycles. The van der Waals surface area contributed by atoms with E-state index in [-0.39, 0.29) is 5.11 Å². The molecule has 0 radical (unpaired) electrons. The molecular formula is C5H3N5S. The van der Waals surface area contributed by atoms with E-state index in [1.165, 1.54) is 6.20 Å². The second-order valence-electron chi connectivity index (χ2n) is 1.98. The van der Waals surface area contributed by atoms with Gasteiger partial charge >= 0.3 is 0 Å². The van der Waals surface area contributed by atoms with Gasteiger partial charge in [-0.2, -0.15) is 10.1 Å². The highest BCUT2D eigenvalue weighted by atomic mass is 32.1. The van der Waals surface area contributed by atoms with E-state index in [4.69, 9.17) is 18.0 Å². The summed E-state index contributed by atoms with van der Waals surface area (Å²) in [6.45, 7) is 0. The molecule has 2 rings (SSSR count). The number of nitrogen functional groups attached to an aromatic ring is 1. The lowest BCUT2D eigenvalue weighted by atomic mass is 10.4. The fourth-order valence-electron chi connectivity index (χ4n) is 0.784. The zero-order chi connectivity index (χ0) is 7.84. The predicted octanol–water partition coefficient (Wildman–Crippen LogP) is -1.40. The Morgan fingerprint density at radius 2 is 2.18 bits per heavy atom. The summed E-state index contributed by atoms with van der Waals surface area (Å²) in [6, 6.07) is 0. The van der Waals surface area contributed by atoms with E-state index < -0.39 is 0 Å². The highest BCUT2D eigenvalue weighted by Crippen LogP contribution is 1.88. The lowest BCUT2D eigenvalue weighted by Gasteiger charge is -1.85. The Bertz CT molecular complexity index is 437. The molecule has 0 fully saturated rings. The number of hydrogen-bond donors (Lipinski definition) is 1. The third-order valence-corrected chi connectivity index (χ3v) is 1.43. The third kappa shape index (κ3) is 0.874. The predicted molar refractivity (Wildman–Crippen MR) is 41.4 cm³/mol. The first-order valence-electron chi connectivity index (χ1n) is 2.86. The smallest absolute Gasteiger partial charge is 0.222 e. The molecule has 0 bridgehead atoms. The third-order valence-electron chi connectivity index (χ3n) is 1.24. The molecule has 0 unspecified atom stereocenters. The second kappa shape index (κ2) is 2.03. The van der Waals surface area contributed by atoms with Gasteiger partial charge in [0.1, 0.15) is 5.36 Å². The molecule has 0 amide bonds. The summed E-state index contributed by atoms with van der Waals surface area (Å²) in [6.07, 6.45) is 1.42. The number of nitrogens with zero attached hydrogens (tertiary/aromatic N) is 4. The van der Waals surface area contributed by atoms with Gasteiger partial charge in [0, 0.05) is 0 Å². The number of anilines is 1. The Labute approximate surface area is 66.7 Å². The minimum Gasteiger partial charge on any atom is -0.396 e. The van der Waals surface area contributed by atoms with Crippen LogP contribution < -0.4 is 16.6 Å². The van der Waals surface area contributed by atoms with Crippen LogP contribution in [0.4, 0.5) is 5.69 Å². The first-order valence-corrected chi connectivity index (χ1v) is 3.27. The maximum Gasteiger partial charge on any atom is 0.222 e. The van der Waals surface area contributed by atoms with Crippen molar-refractivity contribution in [2.24, 2.45) is 9.98 Å². The van der Waals surface area contributed by atoms with Crippen molar-refractivity contribution in [1.82, 2.24) is 10.2 Å². The molecular weight excluding hydrogens is 162 g/mol. The normalized spacial score (nSPS) is 13.6. The minimum atomic E-state index is 0.257. The van der Waals surface area contributed by atoms with E-state index in [1.54, 1.807) is 0 Å². The zero-order valence-electron chi connectivity index (χ0n) is 5.35. The van der Waals surface area contributed by atoms with Crippen LogP contribution in [-0.2, 0) is 0 Å². The molecule has 1 aliphatic rings. The molecule has 0 atom stereocenters. The van der Waals surface area contributed by atoms with E-state index in [1.807, 2.05) is 0 Å². The summed E-state index contributed by atoms with van der Waals surface area (Å²) in [5.74, 6) is 0. The Kier molecular flexibility index (Phi) is 1.16. The van der Waals surface area contributed by atoms with Crippen molar-refractivity contribution >= 4 is 23.0 Å². The molecule has 11 heavy (non-hydrogen) atoms. The number of thiocarbonyl (C=S) groups is 1. The van der Waals surface area contributed by atoms with Gasteiger partial charge in [-0.15, -0.1) is 5.10 Å². The van der Waals surface area contributed by atoms with Crippen molar-refractivity contribution < 1.29 is 0 Å². The van der Waals surface area contributed by atoms with Crippen molar-refractivity contribution in [1.29, 1.82) is 0 Å². The monoisotopic (exact) mass is 165 g/mol. The number of nitrogens with two attached hydrogens (primary N) is 1. The highest BCUT2D eigenvalue weighted by Gasteiger charge is 2.04. The SMILES string of the molecule is Nc1cnnc2c1=NC(=S)N=2. The average molecular weight is 165 g/mol. The molecule has 1 aromatic heterocycles. The number of fused-ring (bicyclic) bond motifs is 1. The van der Waals surface area contributed by atoms with Crippen molar-refractivity contribution in [3.63, 3.8) is 0 Å². The molecule has 5 nitrogen and oxygen atoms in total. The van der Waals surface area contributed by atoms with Crippen molar-refractivity contribution in [2.75, 3.05) is 5.73 Å². The quantitative estimate of drug-likeness (QED) is 0.479. The van der Waals surface area contributed by atoms with Gasteiger partial charge in [-0.3, -0.25) is 0 Å². The molecule has 0 saturated carbocycles. The van der Waals surface area contributed by atoms with Crippen LogP contribution in [0.5, 0.6) is 0 Å². The van der Waals surface area contributed by atoms with Gasteiger partial charge in [-0.05, 0) is 12.2 Å². The Balaban J connectivity index is 2.97. The fourth-order valence-corrected chi connectivity index (χ4v) is 0.962. The summed E-state index contributed by atoms with van der Waals surface area (Å²) >= 11 is 4.73. The topological polar surface area (TPSA) is 76.5 Å². The van der Waals surface area contributed by atoms with Gasteiger partial charge in [-0.25, -0.2) is 4.99 Å². The van der Waals surface area contributed by atoms with Gasteiger partial charge in [0.15, 0.2) is 0 Å². The van der Waals surface area contributed by atoms with E-state index in [2.05, 4.69) is 20.2 Å². The van der Waals surface area contributed by atoms with Crippen LogP contribution in [0.15, 0.2) is 16.2 Å². The summed E-state index contributed by atoms with van der Waals surface area (Å²) in [7, 11) is 0. The van der Waals surface area contributed by atoms with Crippen LogP contribution in [0.25, 0.3) is 0 Å². The maximum absolute atomic E-state index is 5.52. The standard InChI is InChI=1S/C5H3N5S/c6-2-1-7-10-4-3(2)8-5(11)9-4/h1H,6H2. The number of rotatable bonds is 0. The molecule has 54 valence electrons. The second-order valence-corrected chi connectivity index (χ2v) is 2.34. The summed E-state index contributed by atoms with van der Waals surface area (Å²) in [4.78, 5) is 7.71. The van der Waals surface area contributed by atoms with Crippen LogP contribution in [-0.4, -0.2) is 15.3 Å². The Hall–Kier alpha value is -1.43. The highest BCUT2D eigenvalue weighted by molar-refractivity contribution is 7.80. The molecule has 0 aliphatic carbocycles. The van der Waals surface area contributed by atoms with Gasteiger partial charge in [-0.1, -0.05) is 0 Å². The van der Waals surface area contributed by atoms with Crippen molar-refractivity contribution in [3.05, 3.63) is 17.0 Å². The fraction of sp³-hybridized carbons (Fsp3) is 0. The maximum atomic E-state index is 5.52. The van der Waals surface area contributed by atoms with Crippen LogP contribution in [0.3, 0.4) is 0 Å². The molecule has 1 aliphatic heterocycles. The average Bonchev–Trinajstić information content (AvgIpc) is 2.31. The van der Waals surface area contributed by atoms with E-state index >= 15 is 0 Å². The van der Waals surface area contributed by atoms with Gasteiger partial charge in [0.05, 0.1) is 11.9 Å². The Morgan fingerprint density at radius 1 is 1.36 bits per heavy atom. The number of aromatic nitrogens is 2. The summed E-state index contributed by atoms with van der Waals surface area (Å²) in [5.41, 5.74) is 6.39. The van der Waals surface area contributed by atoms with E-state index in [0.29, 0.717) is 16.5 Å². The summed E-state index contributed by atoms with van der Waals surface area (Å²) in [5, 5.41) is 8.08. The van der Waals surface area contributed by atoms with Crippen LogP contribution in [0, 0.1) is 0 Å².